The number of fused-ring (bicyclic) bond motifs is 2. The summed E-state index contributed by atoms with van der Waals surface area (Å²) in [7, 11) is 1.59. The van der Waals surface area contributed by atoms with Crippen LogP contribution in [0.25, 0.3) is 11.1 Å². The van der Waals surface area contributed by atoms with Gasteiger partial charge in [-0.05, 0) is 48.2 Å². The number of hydrogen-bond acceptors (Lipinski definition) is 6. The zero-order valence-corrected chi connectivity index (χ0v) is 17.4. The molecular weight excluding hydrogens is 414 g/mol. The van der Waals surface area contributed by atoms with Gasteiger partial charge in [-0.25, -0.2) is 0 Å². The highest BCUT2D eigenvalue weighted by atomic mass is 16.5. The Balaban J connectivity index is 1.57. The molecule has 4 rings (SSSR count). The SMILES string of the molecule is COc1ccc(-c2ccc3c(c2)C(=O)N2CC[C@H](NC(=O)CCC(=O)[O-])[C@H]2C(=O)N3)cc1. The van der Waals surface area contributed by atoms with Crippen LogP contribution in [-0.4, -0.2) is 54.3 Å². The summed E-state index contributed by atoms with van der Waals surface area (Å²) in [6.07, 6.45) is -0.251. The Morgan fingerprint density at radius 3 is 2.53 bits per heavy atom. The van der Waals surface area contributed by atoms with E-state index < -0.39 is 36.3 Å². The average Bonchev–Trinajstić information content (AvgIpc) is 3.16. The monoisotopic (exact) mass is 436 g/mol. The van der Waals surface area contributed by atoms with Crippen LogP contribution in [0.3, 0.4) is 0 Å². The van der Waals surface area contributed by atoms with Crippen LogP contribution in [0, 0.1) is 0 Å². The molecule has 9 nitrogen and oxygen atoms in total. The first-order valence-electron chi connectivity index (χ1n) is 10.3. The number of ether oxygens (including phenoxy) is 1. The molecule has 166 valence electrons. The second-order valence-corrected chi connectivity index (χ2v) is 7.76. The van der Waals surface area contributed by atoms with E-state index in [-0.39, 0.29) is 12.3 Å². The number of amides is 3. The molecule has 0 aromatic heterocycles. The second kappa shape index (κ2) is 8.70. The van der Waals surface area contributed by atoms with Crippen LogP contribution in [-0.2, 0) is 14.4 Å². The molecule has 2 heterocycles. The number of anilines is 1. The van der Waals surface area contributed by atoms with E-state index in [2.05, 4.69) is 10.6 Å². The fourth-order valence-corrected chi connectivity index (χ4v) is 4.14. The maximum absolute atomic E-state index is 13.3. The minimum atomic E-state index is -1.32. The lowest BCUT2D eigenvalue weighted by molar-refractivity contribution is -0.305. The highest BCUT2D eigenvalue weighted by Gasteiger charge is 2.45. The minimum absolute atomic E-state index is 0.243. The van der Waals surface area contributed by atoms with Crippen LogP contribution in [0.2, 0.25) is 0 Å². The summed E-state index contributed by atoms with van der Waals surface area (Å²) >= 11 is 0. The lowest BCUT2D eigenvalue weighted by Crippen LogP contribution is -2.51. The number of rotatable bonds is 6. The van der Waals surface area contributed by atoms with Gasteiger partial charge in [0.1, 0.15) is 11.8 Å². The fourth-order valence-electron chi connectivity index (χ4n) is 4.14. The zero-order valence-electron chi connectivity index (χ0n) is 17.4. The molecule has 0 radical (unpaired) electrons. The molecule has 9 heteroatoms. The molecule has 2 aliphatic heterocycles. The predicted octanol–water partition coefficient (Wildman–Crippen LogP) is 0.544. The van der Waals surface area contributed by atoms with Gasteiger partial charge in [0.05, 0.1) is 24.4 Å². The van der Waals surface area contributed by atoms with Crippen molar-refractivity contribution in [2.24, 2.45) is 0 Å². The van der Waals surface area contributed by atoms with E-state index in [1.165, 1.54) is 4.90 Å². The van der Waals surface area contributed by atoms with Gasteiger partial charge in [0.15, 0.2) is 0 Å². The van der Waals surface area contributed by atoms with Crippen LogP contribution in [0.4, 0.5) is 5.69 Å². The van der Waals surface area contributed by atoms with Gasteiger partial charge in [-0.1, -0.05) is 18.2 Å². The molecule has 0 bridgehead atoms. The van der Waals surface area contributed by atoms with Crippen LogP contribution in [0.15, 0.2) is 42.5 Å². The molecule has 2 aromatic rings. The Bertz CT molecular complexity index is 1080. The van der Waals surface area contributed by atoms with Crippen LogP contribution < -0.4 is 20.5 Å². The predicted molar refractivity (Wildman–Crippen MR) is 113 cm³/mol. The van der Waals surface area contributed by atoms with E-state index in [1.54, 1.807) is 19.2 Å². The molecule has 2 aliphatic rings. The Kier molecular flexibility index (Phi) is 5.81. The third kappa shape index (κ3) is 4.14. The highest BCUT2D eigenvalue weighted by Crippen LogP contribution is 2.32. The van der Waals surface area contributed by atoms with E-state index in [9.17, 15) is 24.3 Å². The summed E-state index contributed by atoms with van der Waals surface area (Å²) in [5, 5.41) is 16.1. The number of aliphatic carboxylic acids is 1. The molecule has 0 aliphatic carbocycles. The molecule has 0 spiro atoms. The number of carbonyl (C=O) groups excluding carboxylic acids is 4. The summed E-state index contributed by atoms with van der Waals surface area (Å²) in [4.78, 5) is 50.3. The van der Waals surface area contributed by atoms with Gasteiger partial charge >= 0.3 is 0 Å². The number of nitrogens with zero attached hydrogens (tertiary/aromatic N) is 1. The topological polar surface area (TPSA) is 128 Å². The number of carbonyl (C=O) groups is 4. The summed E-state index contributed by atoms with van der Waals surface area (Å²) in [6, 6.07) is 11.2. The summed E-state index contributed by atoms with van der Waals surface area (Å²) < 4.78 is 5.18. The third-order valence-electron chi connectivity index (χ3n) is 5.76. The Morgan fingerprint density at radius 1 is 1.12 bits per heavy atom. The number of carboxylic acids is 1. The van der Waals surface area contributed by atoms with E-state index in [0.29, 0.717) is 24.2 Å². The molecule has 1 fully saturated rings. The van der Waals surface area contributed by atoms with E-state index >= 15 is 0 Å². The molecular formula is C23H22N3O6-. The maximum atomic E-state index is 13.3. The molecule has 1 saturated heterocycles. The summed E-state index contributed by atoms with van der Waals surface area (Å²) in [6.45, 7) is 0.300. The Hall–Kier alpha value is -3.88. The zero-order chi connectivity index (χ0) is 22.8. The minimum Gasteiger partial charge on any atom is -0.550 e. The largest absolute Gasteiger partial charge is 0.550 e. The van der Waals surface area contributed by atoms with Gasteiger partial charge < -0.3 is 30.2 Å². The number of carboxylic acid groups (broad SMARTS) is 1. The lowest BCUT2D eigenvalue weighted by Gasteiger charge is -2.25. The van der Waals surface area contributed by atoms with Crippen molar-refractivity contribution in [3.8, 4) is 16.9 Å². The number of benzene rings is 2. The van der Waals surface area contributed by atoms with Gasteiger partial charge in [-0.3, -0.25) is 14.4 Å². The first-order chi connectivity index (χ1) is 15.4. The number of hydrogen-bond donors (Lipinski definition) is 2. The lowest BCUT2D eigenvalue weighted by atomic mass is 10.0. The maximum Gasteiger partial charge on any atom is 0.256 e. The average molecular weight is 436 g/mol. The van der Waals surface area contributed by atoms with Crippen molar-refractivity contribution < 1.29 is 29.0 Å². The van der Waals surface area contributed by atoms with Crippen LogP contribution in [0.1, 0.15) is 29.6 Å². The molecule has 3 amide bonds. The van der Waals surface area contributed by atoms with Crippen molar-refractivity contribution in [1.82, 2.24) is 10.2 Å². The number of nitrogens with one attached hydrogen (secondary N) is 2. The van der Waals surface area contributed by atoms with E-state index in [1.807, 2.05) is 30.3 Å². The van der Waals surface area contributed by atoms with Gasteiger partial charge in [0.2, 0.25) is 11.8 Å². The Morgan fingerprint density at radius 2 is 1.84 bits per heavy atom. The van der Waals surface area contributed by atoms with Gasteiger partial charge in [0, 0.05) is 18.9 Å². The normalized spacial score (nSPS) is 19.5. The van der Waals surface area contributed by atoms with Crippen LogP contribution >= 0.6 is 0 Å². The highest BCUT2D eigenvalue weighted by molar-refractivity contribution is 6.11. The smallest absolute Gasteiger partial charge is 0.256 e. The van der Waals surface area contributed by atoms with E-state index in [0.717, 1.165) is 16.9 Å². The summed E-state index contributed by atoms with van der Waals surface area (Å²) in [5.41, 5.74) is 2.50. The van der Waals surface area contributed by atoms with Gasteiger partial charge in [-0.15, -0.1) is 0 Å². The van der Waals surface area contributed by atoms with Crippen molar-refractivity contribution in [2.75, 3.05) is 19.0 Å². The molecule has 2 aromatic carbocycles. The van der Waals surface area contributed by atoms with Crippen molar-refractivity contribution >= 4 is 29.4 Å². The molecule has 2 N–H and O–H groups in total. The Labute approximate surface area is 184 Å². The van der Waals surface area contributed by atoms with Crippen LogP contribution in [0.5, 0.6) is 5.75 Å². The number of methoxy groups -OCH3 is 1. The quantitative estimate of drug-likeness (QED) is 0.681. The molecule has 0 unspecified atom stereocenters. The van der Waals surface area contributed by atoms with Gasteiger partial charge in [0.25, 0.3) is 5.91 Å². The van der Waals surface area contributed by atoms with Crippen molar-refractivity contribution in [3.63, 3.8) is 0 Å². The molecule has 32 heavy (non-hydrogen) atoms. The first-order valence-corrected chi connectivity index (χ1v) is 10.3. The summed E-state index contributed by atoms with van der Waals surface area (Å²) in [5.74, 6) is -1.79. The second-order valence-electron chi connectivity index (χ2n) is 7.76. The molecule has 0 saturated carbocycles. The first kappa shape index (κ1) is 21.4. The van der Waals surface area contributed by atoms with Gasteiger partial charge in [-0.2, -0.15) is 0 Å². The van der Waals surface area contributed by atoms with Crippen molar-refractivity contribution in [1.29, 1.82) is 0 Å². The third-order valence-corrected chi connectivity index (χ3v) is 5.76. The van der Waals surface area contributed by atoms with E-state index in [4.69, 9.17) is 4.74 Å². The fraction of sp³-hybridized carbons (Fsp3) is 0.304. The molecule has 2 atom stereocenters. The van der Waals surface area contributed by atoms with Crippen molar-refractivity contribution in [3.05, 3.63) is 48.0 Å². The standard InChI is InChI=1S/C23H23N3O6/c1-32-15-5-2-13(3-6-15)14-4-7-17-16(12-14)23(31)26-11-10-18(21(26)22(30)25-17)24-19(27)8-9-20(28)29/h2-7,12,18,21H,8-11H2,1H3,(H,24,27)(H,25,30)(H,28,29)/p-1/t18-,21-/m0/s1. The van der Waals surface area contributed by atoms with Crippen molar-refractivity contribution in [2.45, 2.75) is 31.3 Å².